The van der Waals surface area contributed by atoms with Crippen LogP contribution in [0.1, 0.15) is 5.56 Å². The Balaban J connectivity index is 2.89. The van der Waals surface area contributed by atoms with E-state index in [0.717, 1.165) is 17.1 Å². The molecule has 64 valence electrons. The molecule has 0 saturated heterocycles. The second kappa shape index (κ2) is 4.88. The van der Waals surface area contributed by atoms with Gasteiger partial charge in [-0.15, -0.1) is 0 Å². The summed E-state index contributed by atoms with van der Waals surface area (Å²) in [4.78, 5) is 0. The standard InChI is InChI=1S/C10H12OS/c1-11-10-7-3-2-5-9(10)6-4-8-12/h2-7,12H,8H2,1H3. The molecule has 0 saturated carbocycles. The van der Waals surface area contributed by atoms with Crippen LogP contribution in [0.15, 0.2) is 30.3 Å². The number of methoxy groups -OCH3 is 1. The van der Waals surface area contributed by atoms with E-state index in [9.17, 15) is 0 Å². The fourth-order valence-corrected chi connectivity index (χ4v) is 1.09. The van der Waals surface area contributed by atoms with Crippen molar-refractivity contribution in [3.05, 3.63) is 35.9 Å². The summed E-state index contributed by atoms with van der Waals surface area (Å²) in [5.74, 6) is 1.65. The molecule has 0 heterocycles. The lowest BCUT2D eigenvalue weighted by Gasteiger charge is -2.02. The monoisotopic (exact) mass is 180 g/mol. The first-order valence-electron chi connectivity index (χ1n) is 3.79. The van der Waals surface area contributed by atoms with Crippen LogP contribution in [0.2, 0.25) is 0 Å². The van der Waals surface area contributed by atoms with Gasteiger partial charge in [0.1, 0.15) is 5.75 Å². The summed E-state index contributed by atoms with van der Waals surface area (Å²) in [6, 6.07) is 7.90. The van der Waals surface area contributed by atoms with Gasteiger partial charge in [-0.25, -0.2) is 0 Å². The zero-order valence-electron chi connectivity index (χ0n) is 7.03. The number of ether oxygens (including phenoxy) is 1. The molecule has 1 rings (SSSR count). The molecule has 0 spiro atoms. The van der Waals surface area contributed by atoms with E-state index in [1.807, 2.05) is 36.4 Å². The van der Waals surface area contributed by atoms with Crippen LogP contribution in [0, 0.1) is 0 Å². The van der Waals surface area contributed by atoms with Gasteiger partial charge in [0, 0.05) is 11.3 Å². The maximum Gasteiger partial charge on any atom is 0.126 e. The molecule has 1 aromatic rings. The molecule has 0 fully saturated rings. The Morgan fingerprint density at radius 1 is 1.42 bits per heavy atom. The van der Waals surface area contributed by atoms with E-state index in [-0.39, 0.29) is 0 Å². The fraction of sp³-hybridized carbons (Fsp3) is 0.200. The second-order valence-electron chi connectivity index (χ2n) is 2.33. The van der Waals surface area contributed by atoms with E-state index in [2.05, 4.69) is 12.6 Å². The van der Waals surface area contributed by atoms with Gasteiger partial charge >= 0.3 is 0 Å². The summed E-state index contributed by atoms with van der Waals surface area (Å²) in [6.45, 7) is 0. The molecule has 1 aromatic carbocycles. The highest BCUT2D eigenvalue weighted by atomic mass is 32.1. The lowest BCUT2D eigenvalue weighted by molar-refractivity contribution is 0.414. The SMILES string of the molecule is COc1ccccc1C=CCS. The molecule has 0 aliphatic rings. The number of thiol groups is 1. The highest BCUT2D eigenvalue weighted by Gasteiger charge is 1.94. The summed E-state index contributed by atoms with van der Waals surface area (Å²) in [7, 11) is 1.67. The highest BCUT2D eigenvalue weighted by molar-refractivity contribution is 7.80. The first-order chi connectivity index (χ1) is 5.88. The number of rotatable bonds is 3. The van der Waals surface area contributed by atoms with Crippen LogP contribution >= 0.6 is 12.6 Å². The molecular weight excluding hydrogens is 168 g/mol. The van der Waals surface area contributed by atoms with Crippen LogP contribution in [-0.2, 0) is 0 Å². The Morgan fingerprint density at radius 2 is 2.17 bits per heavy atom. The van der Waals surface area contributed by atoms with E-state index >= 15 is 0 Å². The van der Waals surface area contributed by atoms with Gasteiger partial charge in [0.25, 0.3) is 0 Å². The van der Waals surface area contributed by atoms with Crippen LogP contribution in [-0.4, -0.2) is 12.9 Å². The zero-order chi connectivity index (χ0) is 8.81. The molecule has 0 N–H and O–H groups in total. The van der Waals surface area contributed by atoms with Crippen LogP contribution in [0.25, 0.3) is 6.08 Å². The van der Waals surface area contributed by atoms with Gasteiger partial charge in [0.2, 0.25) is 0 Å². The molecular formula is C10H12OS. The third kappa shape index (κ3) is 2.31. The Bertz CT molecular complexity index is 268. The average molecular weight is 180 g/mol. The van der Waals surface area contributed by atoms with Crippen molar-refractivity contribution in [1.29, 1.82) is 0 Å². The van der Waals surface area contributed by atoms with Crippen LogP contribution < -0.4 is 4.74 Å². The molecule has 2 heteroatoms. The summed E-state index contributed by atoms with van der Waals surface area (Å²) >= 11 is 4.09. The fourth-order valence-electron chi connectivity index (χ4n) is 0.984. The van der Waals surface area contributed by atoms with Gasteiger partial charge in [0.05, 0.1) is 7.11 Å². The van der Waals surface area contributed by atoms with Crippen LogP contribution in [0.5, 0.6) is 5.75 Å². The lowest BCUT2D eigenvalue weighted by Crippen LogP contribution is -1.85. The molecule has 0 atom stereocenters. The normalized spacial score (nSPS) is 10.5. The van der Waals surface area contributed by atoms with Crippen molar-refractivity contribution >= 4 is 18.7 Å². The molecule has 0 radical (unpaired) electrons. The topological polar surface area (TPSA) is 9.23 Å². The van der Waals surface area contributed by atoms with Crippen molar-refractivity contribution in [1.82, 2.24) is 0 Å². The third-order valence-corrected chi connectivity index (χ3v) is 1.75. The third-order valence-electron chi connectivity index (χ3n) is 1.54. The maximum absolute atomic E-state index is 5.17. The van der Waals surface area contributed by atoms with E-state index in [1.54, 1.807) is 7.11 Å². The first kappa shape index (κ1) is 9.20. The van der Waals surface area contributed by atoms with Gasteiger partial charge in [0.15, 0.2) is 0 Å². The van der Waals surface area contributed by atoms with Crippen molar-refractivity contribution < 1.29 is 4.74 Å². The predicted molar refractivity (Wildman–Crippen MR) is 55.9 cm³/mol. The summed E-state index contributed by atoms with van der Waals surface area (Å²) in [6.07, 6.45) is 3.99. The Morgan fingerprint density at radius 3 is 2.83 bits per heavy atom. The number of hydrogen-bond donors (Lipinski definition) is 1. The second-order valence-corrected chi connectivity index (χ2v) is 2.69. The molecule has 0 amide bonds. The minimum Gasteiger partial charge on any atom is -0.496 e. The van der Waals surface area contributed by atoms with E-state index in [0.29, 0.717) is 0 Å². The molecule has 0 aliphatic heterocycles. The van der Waals surface area contributed by atoms with Crippen molar-refractivity contribution in [2.45, 2.75) is 0 Å². The summed E-state index contributed by atoms with van der Waals surface area (Å²) < 4.78 is 5.17. The Hall–Kier alpha value is -0.890. The summed E-state index contributed by atoms with van der Waals surface area (Å²) in [5.41, 5.74) is 1.09. The molecule has 12 heavy (non-hydrogen) atoms. The Kier molecular flexibility index (Phi) is 3.74. The quantitative estimate of drug-likeness (QED) is 0.703. The van der Waals surface area contributed by atoms with Crippen LogP contribution in [0.4, 0.5) is 0 Å². The van der Waals surface area contributed by atoms with Gasteiger partial charge in [-0.05, 0) is 6.07 Å². The van der Waals surface area contributed by atoms with Gasteiger partial charge in [-0.2, -0.15) is 12.6 Å². The van der Waals surface area contributed by atoms with Gasteiger partial charge in [-0.1, -0.05) is 30.4 Å². The average Bonchev–Trinajstić information content (AvgIpc) is 2.15. The zero-order valence-corrected chi connectivity index (χ0v) is 7.92. The van der Waals surface area contributed by atoms with E-state index in [1.165, 1.54) is 0 Å². The minimum absolute atomic E-state index is 0.748. The predicted octanol–water partition coefficient (Wildman–Crippen LogP) is 2.64. The lowest BCUT2D eigenvalue weighted by atomic mass is 10.2. The number of para-hydroxylation sites is 1. The van der Waals surface area contributed by atoms with Crippen LogP contribution in [0.3, 0.4) is 0 Å². The first-order valence-corrected chi connectivity index (χ1v) is 4.42. The number of benzene rings is 1. The molecule has 1 nitrogen and oxygen atoms in total. The smallest absolute Gasteiger partial charge is 0.126 e. The molecule has 0 unspecified atom stereocenters. The minimum atomic E-state index is 0.748. The molecule has 0 bridgehead atoms. The Labute approximate surface area is 78.5 Å². The van der Waals surface area contributed by atoms with Gasteiger partial charge < -0.3 is 4.74 Å². The van der Waals surface area contributed by atoms with E-state index in [4.69, 9.17) is 4.74 Å². The number of hydrogen-bond acceptors (Lipinski definition) is 2. The molecule has 0 aromatic heterocycles. The van der Waals surface area contributed by atoms with Crippen molar-refractivity contribution in [2.24, 2.45) is 0 Å². The maximum atomic E-state index is 5.17. The molecule has 0 aliphatic carbocycles. The highest BCUT2D eigenvalue weighted by Crippen LogP contribution is 2.18. The van der Waals surface area contributed by atoms with Crippen molar-refractivity contribution in [2.75, 3.05) is 12.9 Å². The van der Waals surface area contributed by atoms with E-state index < -0.39 is 0 Å². The van der Waals surface area contributed by atoms with Crippen molar-refractivity contribution in [3.63, 3.8) is 0 Å². The largest absolute Gasteiger partial charge is 0.496 e. The van der Waals surface area contributed by atoms with Gasteiger partial charge in [-0.3, -0.25) is 0 Å². The summed E-state index contributed by atoms with van der Waals surface area (Å²) in [5, 5.41) is 0. The van der Waals surface area contributed by atoms with Crippen molar-refractivity contribution in [3.8, 4) is 5.75 Å².